The molecule has 0 radical (unpaired) electrons. The number of carbonyl (C=O) groups excluding carboxylic acids is 2. The number of amidine groups is 1. The molecule has 0 spiro atoms. The number of carbonyl (C=O) groups is 2. The number of nitrogens with zero attached hydrogens (tertiary/aromatic N) is 2. The fraction of sp³-hybridized carbons (Fsp3) is 0.385. The van der Waals surface area contributed by atoms with Gasteiger partial charge >= 0.3 is 5.97 Å². The van der Waals surface area contributed by atoms with Gasteiger partial charge in [-0.05, 0) is 37.0 Å². The van der Waals surface area contributed by atoms with Crippen LogP contribution in [0.3, 0.4) is 0 Å². The summed E-state index contributed by atoms with van der Waals surface area (Å²) in [4.78, 5) is 29.5. The number of benzene rings is 2. The number of nitrogens with one attached hydrogen (secondary N) is 2. The van der Waals surface area contributed by atoms with E-state index in [1.165, 1.54) is 23.4 Å². The van der Waals surface area contributed by atoms with Crippen molar-refractivity contribution < 1.29 is 14.3 Å². The number of aromatic nitrogens is 1. The predicted octanol–water partition coefficient (Wildman–Crippen LogP) is 4.08. The molecule has 0 unspecified atom stereocenters. The van der Waals surface area contributed by atoms with Crippen LogP contribution in [0.5, 0.6) is 0 Å². The van der Waals surface area contributed by atoms with Gasteiger partial charge in [0.2, 0.25) is 5.91 Å². The highest BCUT2D eigenvalue weighted by Crippen LogP contribution is 2.27. The lowest BCUT2D eigenvalue weighted by Gasteiger charge is -2.20. The molecule has 0 saturated carbocycles. The zero-order valence-electron chi connectivity index (χ0n) is 19.4. The van der Waals surface area contributed by atoms with Crippen LogP contribution in [0.25, 0.3) is 21.8 Å². The monoisotopic (exact) mass is 448 g/mol. The summed E-state index contributed by atoms with van der Waals surface area (Å²) in [7, 11) is 3.47. The lowest BCUT2D eigenvalue weighted by atomic mass is 9.98. The van der Waals surface area contributed by atoms with E-state index in [1.807, 2.05) is 24.1 Å². The molecule has 174 valence electrons. The summed E-state index contributed by atoms with van der Waals surface area (Å²) >= 11 is 0. The lowest BCUT2D eigenvalue weighted by molar-refractivity contribution is -0.145. The van der Waals surface area contributed by atoms with Gasteiger partial charge in [-0.2, -0.15) is 0 Å². The first-order chi connectivity index (χ1) is 16.0. The third kappa shape index (κ3) is 6.75. The van der Waals surface area contributed by atoms with Crippen molar-refractivity contribution in [3.63, 3.8) is 0 Å². The molecule has 0 saturated heterocycles. The molecule has 0 aliphatic carbocycles. The first-order valence-corrected chi connectivity index (χ1v) is 11.4. The van der Waals surface area contributed by atoms with Crippen LogP contribution in [0.2, 0.25) is 0 Å². The molecular formula is C26H32N4O3. The summed E-state index contributed by atoms with van der Waals surface area (Å²) in [5.74, 6) is -0.0285. The Morgan fingerprint density at radius 1 is 0.970 bits per heavy atom. The minimum Gasteiger partial charge on any atom is -0.466 e. The first-order valence-electron chi connectivity index (χ1n) is 11.4. The SMILES string of the molecule is CNC(=O)CCC(=O)OCCCC(=N)N(C)CCCc1c2ccccc2nc2ccccc12. The Bertz CT molecular complexity index is 1070. The number of hydrogen-bond acceptors (Lipinski definition) is 5. The van der Waals surface area contributed by atoms with E-state index >= 15 is 0 Å². The first kappa shape index (κ1) is 24.2. The normalized spacial score (nSPS) is 10.8. The van der Waals surface area contributed by atoms with Gasteiger partial charge in [0.05, 0.1) is 29.9 Å². The van der Waals surface area contributed by atoms with Crippen molar-refractivity contribution in [2.45, 2.75) is 38.5 Å². The zero-order valence-corrected chi connectivity index (χ0v) is 19.4. The molecular weight excluding hydrogens is 416 g/mol. The smallest absolute Gasteiger partial charge is 0.306 e. The Morgan fingerprint density at radius 3 is 2.24 bits per heavy atom. The molecule has 1 heterocycles. The minimum absolute atomic E-state index is 0.0788. The molecule has 0 atom stereocenters. The highest BCUT2D eigenvalue weighted by atomic mass is 16.5. The predicted molar refractivity (Wildman–Crippen MR) is 131 cm³/mol. The van der Waals surface area contributed by atoms with E-state index in [0.717, 1.165) is 30.4 Å². The highest BCUT2D eigenvalue weighted by molar-refractivity contribution is 5.97. The van der Waals surface area contributed by atoms with Crippen LogP contribution in [0, 0.1) is 5.41 Å². The van der Waals surface area contributed by atoms with E-state index in [0.29, 0.717) is 18.7 Å². The van der Waals surface area contributed by atoms with Gasteiger partial charge in [0.1, 0.15) is 0 Å². The van der Waals surface area contributed by atoms with Crippen LogP contribution in [0.4, 0.5) is 0 Å². The van der Waals surface area contributed by atoms with Gasteiger partial charge in [0.25, 0.3) is 0 Å². The Hall–Kier alpha value is -3.48. The number of rotatable bonds is 11. The molecule has 0 aliphatic heterocycles. The van der Waals surface area contributed by atoms with E-state index in [4.69, 9.17) is 15.1 Å². The van der Waals surface area contributed by atoms with Crippen molar-refractivity contribution in [3.05, 3.63) is 54.1 Å². The van der Waals surface area contributed by atoms with E-state index in [1.54, 1.807) is 0 Å². The Labute approximate surface area is 194 Å². The molecule has 2 N–H and O–H groups in total. The van der Waals surface area contributed by atoms with Gasteiger partial charge < -0.3 is 15.0 Å². The molecule has 0 fully saturated rings. The summed E-state index contributed by atoms with van der Waals surface area (Å²) in [6, 6.07) is 16.5. The van der Waals surface area contributed by atoms with E-state index in [9.17, 15) is 9.59 Å². The maximum Gasteiger partial charge on any atom is 0.306 e. The topological polar surface area (TPSA) is 95.4 Å². The average Bonchev–Trinajstić information content (AvgIpc) is 2.84. The molecule has 1 amide bonds. The van der Waals surface area contributed by atoms with Crippen molar-refractivity contribution in [2.24, 2.45) is 0 Å². The molecule has 1 aromatic heterocycles. The summed E-state index contributed by atoms with van der Waals surface area (Å²) in [5.41, 5.74) is 3.33. The van der Waals surface area contributed by atoms with Gasteiger partial charge in [-0.1, -0.05) is 36.4 Å². The molecule has 33 heavy (non-hydrogen) atoms. The van der Waals surface area contributed by atoms with Gasteiger partial charge in [-0.15, -0.1) is 0 Å². The summed E-state index contributed by atoms with van der Waals surface area (Å²) in [6.07, 6.45) is 3.18. The molecule has 0 bridgehead atoms. The van der Waals surface area contributed by atoms with Crippen LogP contribution in [0.15, 0.2) is 48.5 Å². The molecule has 7 nitrogen and oxygen atoms in total. The number of pyridine rings is 1. The van der Waals surface area contributed by atoms with Crippen molar-refractivity contribution in [1.82, 2.24) is 15.2 Å². The molecule has 3 aromatic rings. The second kappa shape index (κ2) is 11.9. The fourth-order valence-corrected chi connectivity index (χ4v) is 3.85. The quantitative estimate of drug-likeness (QED) is 0.152. The lowest BCUT2D eigenvalue weighted by Crippen LogP contribution is -2.27. The van der Waals surface area contributed by atoms with Crippen molar-refractivity contribution in [3.8, 4) is 0 Å². The largest absolute Gasteiger partial charge is 0.466 e. The Kier molecular flexibility index (Phi) is 8.75. The zero-order chi connectivity index (χ0) is 23.6. The second-order valence-corrected chi connectivity index (χ2v) is 8.09. The van der Waals surface area contributed by atoms with Crippen LogP contribution in [-0.4, -0.2) is 54.8 Å². The van der Waals surface area contributed by atoms with Gasteiger partial charge in [0, 0.05) is 44.3 Å². The van der Waals surface area contributed by atoms with Crippen molar-refractivity contribution >= 4 is 39.5 Å². The number of amides is 1. The van der Waals surface area contributed by atoms with E-state index < -0.39 is 0 Å². The molecule has 7 heteroatoms. The number of hydrogen-bond donors (Lipinski definition) is 2. The van der Waals surface area contributed by atoms with Gasteiger partial charge in [-0.25, -0.2) is 4.98 Å². The maximum absolute atomic E-state index is 11.6. The number of para-hydroxylation sites is 2. The van der Waals surface area contributed by atoms with Crippen LogP contribution >= 0.6 is 0 Å². The number of esters is 1. The molecule has 0 aliphatic rings. The second-order valence-electron chi connectivity index (χ2n) is 8.09. The standard InChI is InChI=1S/C26H32N4O3/c1-28-25(31)15-16-26(32)33-18-8-14-24(27)30(2)17-7-11-19-20-9-3-5-12-22(20)29-23-13-6-4-10-21(19)23/h3-6,9-10,12-13,27H,7-8,11,14-18H2,1-2H3,(H,28,31). The third-order valence-corrected chi connectivity index (χ3v) is 5.74. The number of aryl methyl sites for hydroxylation is 1. The van der Waals surface area contributed by atoms with E-state index in [-0.39, 0.29) is 31.3 Å². The van der Waals surface area contributed by atoms with Gasteiger partial charge in [-0.3, -0.25) is 15.0 Å². The van der Waals surface area contributed by atoms with Gasteiger partial charge in [0.15, 0.2) is 0 Å². The maximum atomic E-state index is 11.6. The van der Waals surface area contributed by atoms with Crippen molar-refractivity contribution in [2.75, 3.05) is 27.2 Å². The summed E-state index contributed by atoms with van der Waals surface area (Å²) < 4.78 is 5.15. The van der Waals surface area contributed by atoms with E-state index in [2.05, 4.69) is 41.7 Å². The van der Waals surface area contributed by atoms with Crippen molar-refractivity contribution in [1.29, 1.82) is 5.41 Å². The average molecular weight is 449 g/mol. The summed E-state index contributed by atoms with van der Waals surface area (Å²) in [6.45, 7) is 1.04. The summed E-state index contributed by atoms with van der Waals surface area (Å²) in [5, 5.41) is 13.2. The highest BCUT2D eigenvalue weighted by Gasteiger charge is 2.11. The molecule has 3 rings (SSSR count). The third-order valence-electron chi connectivity index (χ3n) is 5.74. The number of fused-ring (bicyclic) bond motifs is 2. The van der Waals surface area contributed by atoms with Crippen LogP contribution < -0.4 is 5.32 Å². The minimum atomic E-state index is -0.379. The Balaban J connectivity index is 1.46. The van der Waals surface area contributed by atoms with Crippen LogP contribution in [-0.2, 0) is 20.7 Å². The number of ether oxygens (including phenoxy) is 1. The van der Waals surface area contributed by atoms with Crippen LogP contribution in [0.1, 0.15) is 37.7 Å². The molecule has 2 aromatic carbocycles. The fourth-order valence-electron chi connectivity index (χ4n) is 3.85. The Morgan fingerprint density at radius 2 is 1.61 bits per heavy atom.